The van der Waals surface area contributed by atoms with E-state index in [1.165, 1.54) is 26.9 Å². The summed E-state index contributed by atoms with van der Waals surface area (Å²) >= 11 is 2.66. The average Bonchev–Trinajstić information content (AvgIpc) is 3.20. The zero-order chi connectivity index (χ0) is 19.5. The van der Waals surface area contributed by atoms with Crippen molar-refractivity contribution in [1.82, 2.24) is 4.90 Å². The fourth-order valence-electron chi connectivity index (χ4n) is 3.46. The largest absolute Gasteiger partial charge is 0.369 e. The van der Waals surface area contributed by atoms with Crippen molar-refractivity contribution in [3.8, 4) is 16.5 Å². The Morgan fingerprint density at radius 3 is 2.57 bits per heavy atom. The Bertz CT molecular complexity index is 1060. The first kappa shape index (κ1) is 19.0. The zero-order valence-corrected chi connectivity index (χ0v) is 17.4. The summed E-state index contributed by atoms with van der Waals surface area (Å²) in [6.07, 6.45) is 1.84. The van der Waals surface area contributed by atoms with Gasteiger partial charge in [0.2, 0.25) is 0 Å². The number of anilines is 1. The smallest absolute Gasteiger partial charge is 0.108 e. The van der Waals surface area contributed by atoms with Gasteiger partial charge >= 0.3 is 0 Å². The number of likely N-dealkylation sites (N-methyl/N-ethyl adjacent to an activating group) is 1. The predicted octanol–water partition coefficient (Wildman–Crippen LogP) is 4.79. The van der Waals surface area contributed by atoms with Gasteiger partial charge in [-0.05, 0) is 71.7 Å². The molecule has 0 amide bonds. The van der Waals surface area contributed by atoms with Crippen LogP contribution in [-0.2, 0) is 0 Å². The van der Waals surface area contributed by atoms with Crippen molar-refractivity contribution in [2.75, 3.05) is 38.1 Å². The number of nitrogens with two attached hydrogens (primary N) is 1. The molecule has 4 rings (SSSR count). The van der Waals surface area contributed by atoms with Crippen LogP contribution < -0.4 is 10.0 Å². The van der Waals surface area contributed by atoms with Crippen molar-refractivity contribution in [2.45, 2.75) is 0 Å². The van der Waals surface area contributed by atoms with Crippen molar-refractivity contribution in [1.29, 1.82) is 5.26 Å². The summed E-state index contributed by atoms with van der Waals surface area (Å²) in [5.74, 6) is 0. The standard InChI is InChI=1S/C22H22N4S2/c1-25-8-10-26(11-9-25)19-5-4-16-12-18(3-2-17(16)13-19)22-7-6-20(27-22)14-21(15-23)28-24/h2-7,12-14H,8-11,24H2,1H3/b21-14+. The number of benzene rings is 2. The summed E-state index contributed by atoms with van der Waals surface area (Å²) in [7, 11) is 2.18. The van der Waals surface area contributed by atoms with Gasteiger partial charge in [0, 0.05) is 41.6 Å². The van der Waals surface area contributed by atoms with E-state index in [4.69, 9.17) is 10.4 Å². The molecule has 4 nitrogen and oxygen atoms in total. The quantitative estimate of drug-likeness (QED) is 0.499. The third kappa shape index (κ3) is 4.08. The Labute approximate surface area is 174 Å². The molecule has 0 bridgehead atoms. The number of piperazine rings is 1. The second kappa shape index (κ2) is 8.38. The van der Waals surface area contributed by atoms with Gasteiger partial charge in [-0.1, -0.05) is 18.2 Å². The van der Waals surface area contributed by atoms with E-state index < -0.39 is 0 Å². The fraction of sp³-hybridized carbons (Fsp3) is 0.227. The highest BCUT2D eigenvalue weighted by atomic mass is 32.2. The molecule has 2 heterocycles. The highest BCUT2D eigenvalue weighted by molar-refractivity contribution is 8.01. The number of allylic oxidation sites excluding steroid dienone is 1. The molecule has 1 aromatic heterocycles. The molecular weight excluding hydrogens is 384 g/mol. The second-order valence-corrected chi connectivity index (χ2v) is 8.77. The highest BCUT2D eigenvalue weighted by Crippen LogP contribution is 2.33. The summed E-state index contributed by atoms with van der Waals surface area (Å²) < 4.78 is 0. The molecular formula is C22H22N4S2. The van der Waals surface area contributed by atoms with Crippen LogP contribution in [0.4, 0.5) is 5.69 Å². The van der Waals surface area contributed by atoms with Crippen LogP contribution in [0.5, 0.6) is 0 Å². The van der Waals surface area contributed by atoms with Crippen molar-refractivity contribution < 1.29 is 0 Å². The van der Waals surface area contributed by atoms with E-state index in [0.717, 1.165) is 43.0 Å². The topological polar surface area (TPSA) is 56.3 Å². The molecule has 1 aliphatic heterocycles. The van der Waals surface area contributed by atoms with Gasteiger partial charge in [-0.15, -0.1) is 11.3 Å². The molecule has 6 heteroatoms. The van der Waals surface area contributed by atoms with Gasteiger partial charge in [0.15, 0.2) is 0 Å². The third-order valence-corrected chi connectivity index (χ3v) is 6.66. The molecule has 0 spiro atoms. The van der Waals surface area contributed by atoms with Crippen LogP contribution in [0.1, 0.15) is 4.88 Å². The SMILES string of the molecule is CN1CCN(c2ccc3cc(-c4ccc(/C=C(\C#N)SN)s4)ccc3c2)CC1. The van der Waals surface area contributed by atoms with Crippen LogP contribution in [0, 0.1) is 11.3 Å². The first-order chi connectivity index (χ1) is 13.7. The van der Waals surface area contributed by atoms with Gasteiger partial charge in [-0.25, -0.2) is 0 Å². The van der Waals surface area contributed by atoms with E-state index in [2.05, 4.69) is 65.4 Å². The van der Waals surface area contributed by atoms with Crippen molar-refractivity contribution in [2.24, 2.45) is 5.14 Å². The molecule has 0 aliphatic carbocycles. The van der Waals surface area contributed by atoms with Gasteiger partial charge in [0.1, 0.15) is 11.0 Å². The van der Waals surface area contributed by atoms with Crippen molar-refractivity contribution >= 4 is 45.8 Å². The van der Waals surface area contributed by atoms with E-state index in [1.54, 1.807) is 11.3 Å². The van der Waals surface area contributed by atoms with Crippen LogP contribution in [-0.4, -0.2) is 38.1 Å². The molecule has 0 atom stereocenters. The minimum atomic E-state index is 0.517. The summed E-state index contributed by atoms with van der Waals surface area (Å²) in [5.41, 5.74) is 2.50. The summed E-state index contributed by atoms with van der Waals surface area (Å²) in [4.78, 5) is 7.59. The Balaban J connectivity index is 1.59. The predicted molar refractivity (Wildman–Crippen MR) is 122 cm³/mol. The second-order valence-electron chi connectivity index (χ2n) is 6.98. The Morgan fingerprint density at radius 1 is 1.07 bits per heavy atom. The van der Waals surface area contributed by atoms with Crippen LogP contribution in [0.3, 0.4) is 0 Å². The lowest BCUT2D eigenvalue weighted by Gasteiger charge is -2.34. The van der Waals surface area contributed by atoms with Crippen molar-refractivity contribution in [3.63, 3.8) is 0 Å². The molecule has 1 fully saturated rings. The van der Waals surface area contributed by atoms with Crippen LogP contribution in [0.25, 0.3) is 27.3 Å². The molecule has 2 aromatic carbocycles. The number of thiophene rings is 1. The van der Waals surface area contributed by atoms with Crippen LogP contribution >= 0.6 is 23.3 Å². The normalized spacial score (nSPS) is 15.8. The first-order valence-electron chi connectivity index (χ1n) is 9.22. The lowest BCUT2D eigenvalue weighted by atomic mass is 10.0. The van der Waals surface area contributed by atoms with Crippen LogP contribution in [0.2, 0.25) is 0 Å². The summed E-state index contributed by atoms with van der Waals surface area (Å²) in [6, 6.07) is 19.6. The molecule has 0 radical (unpaired) electrons. The fourth-order valence-corrected chi connectivity index (χ4v) is 4.73. The van der Waals surface area contributed by atoms with E-state index in [-0.39, 0.29) is 0 Å². The van der Waals surface area contributed by atoms with E-state index >= 15 is 0 Å². The van der Waals surface area contributed by atoms with E-state index in [1.807, 2.05) is 12.1 Å². The van der Waals surface area contributed by atoms with Gasteiger partial charge in [0.05, 0.1) is 0 Å². The van der Waals surface area contributed by atoms with Crippen molar-refractivity contribution in [3.05, 3.63) is 58.3 Å². The monoisotopic (exact) mass is 406 g/mol. The Kier molecular flexibility index (Phi) is 5.69. The molecule has 1 saturated heterocycles. The maximum Gasteiger partial charge on any atom is 0.108 e. The molecule has 0 saturated carbocycles. The Morgan fingerprint density at radius 2 is 1.82 bits per heavy atom. The maximum absolute atomic E-state index is 9.04. The number of hydrogen-bond donors (Lipinski definition) is 1. The van der Waals surface area contributed by atoms with Gasteiger partial charge in [0.25, 0.3) is 0 Å². The molecule has 2 N–H and O–H groups in total. The van der Waals surface area contributed by atoms with Gasteiger partial charge in [-0.3, -0.25) is 5.14 Å². The minimum Gasteiger partial charge on any atom is -0.369 e. The van der Waals surface area contributed by atoms with E-state index in [0.29, 0.717) is 4.91 Å². The molecule has 1 aliphatic rings. The number of hydrogen-bond acceptors (Lipinski definition) is 6. The lowest BCUT2D eigenvalue weighted by Crippen LogP contribution is -2.44. The minimum absolute atomic E-state index is 0.517. The third-order valence-electron chi connectivity index (χ3n) is 5.11. The first-order valence-corrected chi connectivity index (χ1v) is 10.9. The summed E-state index contributed by atoms with van der Waals surface area (Å²) in [5, 5.41) is 17.1. The lowest BCUT2D eigenvalue weighted by molar-refractivity contribution is 0.313. The molecule has 28 heavy (non-hydrogen) atoms. The zero-order valence-electron chi connectivity index (χ0n) is 15.8. The maximum atomic E-state index is 9.04. The number of nitriles is 1. The number of fused-ring (bicyclic) bond motifs is 1. The van der Waals surface area contributed by atoms with E-state index in [9.17, 15) is 0 Å². The number of rotatable bonds is 4. The van der Waals surface area contributed by atoms with Gasteiger partial charge in [-0.2, -0.15) is 5.26 Å². The van der Waals surface area contributed by atoms with Crippen LogP contribution in [0.15, 0.2) is 53.4 Å². The average molecular weight is 407 g/mol. The molecule has 142 valence electrons. The van der Waals surface area contributed by atoms with Gasteiger partial charge < -0.3 is 9.80 Å². The number of nitrogens with zero attached hydrogens (tertiary/aromatic N) is 3. The highest BCUT2D eigenvalue weighted by Gasteiger charge is 2.14. The Hall–Kier alpha value is -2.30. The molecule has 0 unspecified atom stereocenters. The molecule has 3 aromatic rings. The summed E-state index contributed by atoms with van der Waals surface area (Å²) in [6.45, 7) is 4.39.